The number of anilines is 1. The minimum Gasteiger partial charge on any atom is -0.366 e. The molecule has 0 radical (unpaired) electrons. The lowest BCUT2D eigenvalue weighted by atomic mass is 10.2. The number of nitrogens with zero attached hydrogens (tertiary/aromatic N) is 3. The van der Waals surface area contributed by atoms with Crippen LogP contribution in [0.5, 0.6) is 0 Å². The molecule has 17 heavy (non-hydrogen) atoms. The van der Waals surface area contributed by atoms with Crippen molar-refractivity contribution in [3.63, 3.8) is 0 Å². The topological polar surface area (TPSA) is 41.0 Å². The second kappa shape index (κ2) is 5.40. The van der Waals surface area contributed by atoms with Gasteiger partial charge in [-0.3, -0.25) is 4.90 Å². The number of likely N-dealkylation sites (tertiary alicyclic amines) is 1. The second-order valence-corrected chi connectivity index (χ2v) is 4.43. The first-order valence-corrected chi connectivity index (χ1v) is 6.17. The van der Waals surface area contributed by atoms with Crippen LogP contribution in [-0.2, 0) is 0 Å². The average molecular weight is 238 g/mol. The third kappa shape index (κ3) is 2.72. The fraction of sp³-hybridized carbons (Fsp3) is 0.667. The number of hydrogen-bond donors (Lipinski definition) is 1. The Hall–Kier alpha value is -1.23. The van der Waals surface area contributed by atoms with Crippen LogP contribution in [0.4, 0.5) is 10.2 Å². The summed E-state index contributed by atoms with van der Waals surface area (Å²) < 4.78 is 13.7. The van der Waals surface area contributed by atoms with E-state index in [1.54, 1.807) is 6.92 Å². The average Bonchev–Trinajstić information content (AvgIpc) is 2.78. The highest BCUT2D eigenvalue weighted by molar-refractivity contribution is 5.37. The Labute approximate surface area is 101 Å². The fourth-order valence-electron chi connectivity index (χ4n) is 2.34. The summed E-state index contributed by atoms with van der Waals surface area (Å²) >= 11 is 0. The maximum atomic E-state index is 13.7. The molecule has 0 aliphatic carbocycles. The van der Waals surface area contributed by atoms with E-state index in [9.17, 15) is 4.39 Å². The van der Waals surface area contributed by atoms with E-state index in [1.807, 2.05) is 0 Å². The van der Waals surface area contributed by atoms with Gasteiger partial charge in [-0.2, -0.15) is 0 Å². The maximum absolute atomic E-state index is 13.7. The third-order valence-corrected chi connectivity index (χ3v) is 3.37. The Morgan fingerprint density at radius 3 is 3.12 bits per heavy atom. The first-order chi connectivity index (χ1) is 8.22. The van der Waals surface area contributed by atoms with Crippen LogP contribution in [0.1, 0.15) is 25.5 Å². The lowest BCUT2D eigenvalue weighted by Crippen LogP contribution is -2.35. The summed E-state index contributed by atoms with van der Waals surface area (Å²) in [4.78, 5) is 10.2. The summed E-state index contributed by atoms with van der Waals surface area (Å²) in [7, 11) is 0. The maximum Gasteiger partial charge on any atom is 0.186 e. The number of aryl methyl sites for hydroxylation is 1. The number of likely N-dealkylation sites (N-methyl/N-ethyl adjacent to an activating group) is 1. The van der Waals surface area contributed by atoms with Crippen molar-refractivity contribution in [1.29, 1.82) is 0 Å². The molecule has 5 heteroatoms. The summed E-state index contributed by atoms with van der Waals surface area (Å²) in [5.74, 6) is -0.0194. The van der Waals surface area contributed by atoms with Crippen molar-refractivity contribution >= 4 is 5.82 Å². The summed E-state index contributed by atoms with van der Waals surface area (Å²) in [6.45, 7) is 6.76. The zero-order valence-corrected chi connectivity index (χ0v) is 10.4. The highest BCUT2D eigenvalue weighted by atomic mass is 19.1. The lowest BCUT2D eigenvalue weighted by Gasteiger charge is -2.23. The Balaban J connectivity index is 1.95. The predicted molar refractivity (Wildman–Crippen MR) is 65.5 cm³/mol. The zero-order valence-electron chi connectivity index (χ0n) is 10.4. The van der Waals surface area contributed by atoms with Gasteiger partial charge in [-0.1, -0.05) is 6.92 Å². The molecule has 2 rings (SSSR count). The largest absolute Gasteiger partial charge is 0.366 e. The van der Waals surface area contributed by atoms with Crippen molar-refractivity contribution in [3.05, 3.63) is 17.8 Å². The van der Waals surface area contributed by atoms with Crippen LogP contribution in [0, 0.1) is 12.7 Å². The van der Waals surface area contributed by atoms with Crippen LogP contribution in [0.15, 0.2) is 6.33 Å². The highest BCUT2D eigenvalue weighted by Crippen LogP contribution is 2.18. The first-order valence-electron chi connectivity index (χ1n) is 6.17. The second-order valence-electron chi connectivity index (χ2n) is 4.43. The molecule has 0 saturated carbocycles. The molecule has 1 aromatic rings. The van der Waals surface area contributed by atoms with E-state index < -0.39 is 0 Å². The van der Waals surface area contributed by atoms with Gasteiger partial charge >= 0.3 is 0 Å². The van der Waals surface area contributed by atoms with E-state index in [2.05, 4.69) is 27.1 Å². The van der Waals surface area contributed by atoms with E-state index in [-0.39, 0.29) is 5.82 Å². The molecule has 0 bridgehead atoms. The van der Waals surface area contributed by atoms with E-state index in [1.165, 1.54) is 19.2 Å². The SMILES string of the molecule is CCN1CCCC1CNc1ncnc(C)c1F. The summed E-state index contributed by atoms with van der Waals surface area (Å²) in [6.07, 6.45) is 3.80. The van der Waals surface area contributed by atoms with Crippen LogP contribution in [0.25, 0.3) is 0 Å². The van der Waals surface area contributed by atoms with Crippen LogP contribution < -0.4 is 5.32 Å². The van der Waals surface area contributed by atoms with Gasteiger partial charge in [0.2, 0.25) is 0 Å². The molecule has 0 amide bonds. The minimum atomic E-state index is -0.339. The molecule has 1 aliphatic heterocycles. The number of aromatic nitrogens is 2. The van der Waals surface area contributed by atoms with Gasteiger partial charge < -0.3 is 5.32 Å². The van der Waals surface area contributed by atoms with Gasteiger partial charge in [0.1, 0.15) is 6.33 Å². The molecule has 0 spiro atoms. The monoisotopic (exact) mass is 238 g/mol. The van der Waals surface area contributed by atoms with Gasteiger partial charge in [-0.25, -0.2) is 14.4 Å². The van der Waals surface area contributed by atoms with Crippen molar-refractivity contribution in [2.45, 2.75) is 32.7 Å². The van der Waals surface area contributed by atoms with Crippen LogP contribution >= 0.6 is 0 Å². The summed E-state index contributed by atoms with van der Waals surface area (Å²) in [5.41, 5.74) is 0.390. The molecule has 1 aromatic heterocycles. The molecule has 2 heterocycles. The van der Waals surface area contributed by atoms with Crippen LogP contribution in [0.3, 0.4) is 0 Å². The van der Waals surface area contributed by atoms with E-state index >= 15 is 0 Å². The Morgan fingerprint density at radius 1 is 1.53 bits per heavy atom. The Bertz CT molecular complexity index is 383. The highest BCUT2D eigenvalue weighted by Gasteiger charge is 2.23. The fourth-order valence-corrected chi connectivity index (χ4v) is 2.34. The van der Waals surface area contributed by atoms with Gasteiger partial charge in [0.15, 0.2) is 11.6 Å². The predicted octanol–water partition coefficient (Wildman–Crippen LogP) is 1.82. The Morgan fingerprint density at radius 2 is 2.35 bits per heavy atom. The number of nitrogens with one attached hydrogen (secondary N) is 1. The lowest BCUT2D eigenvalue weighted by molar-refractivity contribution is 0.276. The van der Waals surface area contributed by atoms with Crippen molar-refractivity contribution in [1.82, 2.24) is 14.9 Å². The molecular formula is C12H19FN4. The van der Waals surface area contributed by atoms with Crippen molar-refractivity contribution in [2.75, 3.05) is 25.0 Å². The van der Waals surface area contributed by atoms with E-state index in [0.717, 1.165) is 19.6 Å². The first kappa shape index (κ1) is 12.2. The van der Waals surface area contributed by atoms with Gasteiger partial charge in [0, 0.05) is 12.6 Å². The molecule has 1 unspecified atom stereocenters. The van der Waals surface area contributed by atoms with Gasteiger partial charge in [-0.05, 0) is 32.9 Å². The molecule has 0 aromatic carbocycles. The molecule has 94 valence electrons. The molecule has 1 fully saturated rings. The molecule has 1 saturated heterocycles. The van der Waals surface area contributed by atoms with Gasteiger partial charge in [0.05, 0.1) is 5.69 Å². The van der Waals surface area contributed by atoms with Crippen molar-refractivity contribution in [3.8, 4) is 0 Å². The van der Waals surface area contributed by atoms with Crippen molar-refractivity contribution in [2.24, 2.45) is 0 Å². The molecule has 4 nitrogen and oxygen atoms in total. The van der Waals surface area contributed by atoms with Crippen LogP contribution in [0.2, 0.25) is 0 Å². The molecular weight excluding hydrogens is 219 g/mol. The van der Waals surface area contributed by atoms with Crippen molar-refractivity contribution < 1.29 is 4.39 Å². The van der Waals surface area contributed by atoms with Crippen LogP contribution in [-0.4, -0.2) is 40.5 Å². The Kier molecular flexibility index (Phi) is 3.89. The quantitative estimate of drug-likeness (QED) is 0.868. The van der Waals surface area contributed by atoms with Gasteiger partial charge in [0.25, 0.3) is 0 Å². The number of hydrogen-bond acceptors (Lipinski definition) is 4. The summed E-state index contributed by atoms with van der Waals surface area (Å²) in [5, 5.41) is 3.09. The third-order valence-electron chi connectivity index (χ3n) is 3.37. The van der Waals surface area contributed by atoms with Gasteiger partial charge in [-0.15, -0.1) is 0 Å². The summed E-state index contributed by atoms with van der Waals surface area (Å²) in [6, 6.07) is 0.495. The number of halogens is 1. The smallest absolute Gasteiger partial charge is 0.186 e. The minimum absolute atomic E-state index is 0.320. The van der Waals surface area contributed by atoms with E-state index in [4.69, 9.17) is 0 Å². The number of rotatable bonds is 4. The van der Waals surface area contributed by atoms with E-state index in [0.29, 0.717) is 17.6 Å². The molecule has 1 aliphatic rings. The zero-order chi connectivity index (χ0) is 12.3. The standard InChI is InChI=1S/C12H19FN4/c1-3-17-6-4-5-10(17)7-14-12-11(13)9(2)15-8-16-12/h8,10H,3-7H2,1-2H3,(H,14,15,16). The normalized spacial score (nSPS) is 20.8. The molecule has 1 N–H and O–H groups in total. The molecule has 1 atom stereocenters.